The summed E-state index contributed by atoms with van der Waals surface area (Å²) < 4.78 is 0.876. The second-order valence-electron chi connectivity index (χ2n) is 4.02. The third-order valence-corrected chi connectivity index (χ3v) is 5.09. The average Bonchev–Trinajstić information content (AvgIpc) is 2.68. The minimum atomic E-state index is 0.0277. The largest absolute Gasteiger partial charge is 0.349 e. The molecule has 0 radical (unpaired) electrons. The maximum absolute atomic E-state index is 11.9. The van der Waals surface area contributed by atoms with Crippen LogP contribution in [0.4, 0.5) is 0 Å². The average molecular weight is 323 g/mol. The third-order valence-electron chi connectivity index (χ3n) is 2.82. The Morgan fingerprint density at radius 1 is 1.44 bits per heavy atom. The molecule has 1 heterocycles. The van der Waals surface area contributed by atoms with E-state index in [0.717, 1.165) is 35.0 Å². The standard InChI is InChI=1S/C11H13BrClNOS/c12-9-5-6-16-10(9)11(15)14-8-3-1-7(13)2-4-8/h5-8H,1-4H2,(H,14,15). The molecule has 5 heteroatoms. The summed E-state index contributed by atoms with van der Waals surface area (Å²) in [6.45, 7) is 0. The third kappa shape index (κ3) is 2.99. The lowest BCUT2D eigenvalue weighted by molar-refractivity contribution is 0.0931. The van der Waals surface area contributed by atoms with Gasteiger partial charge in [0, 0.05) is 15.9 Å². The lowest BCUT2D eigenvalue weighted by atomic mass is 9.95. The zero-order valence-corrected chi connectivity index (χ0v) is 11.9. The monoisotopic (exact) mass is 321 g/mol. The van der Waals surface area contributed by atoms with Crippen LogP contribution in [0.5, 0.6) is 0 Å². The quantitative estimate of drug-likeness (QED) is 0.825. The van der Waals surface area contributed by atoms with Crippen LogP contribution in [0.25, 0.3) is 0 Å². The zero-order valence-electron chi connectivity index (χ0n) is 8.71. The molecule has 1 fully saturated rings. The van der Waals surface area contributed by atoms with Gasteiger partial charge in [-0.05, 0) is 53.1 Å². The van der Waals surface area contributed by atoms with E-state index < -0.39 is 0 Å². The van der Waals surface area contributed by atoms with Crippen LogP contribution >= 0.6 is 38.9 Å². The molecule has 0 atom stereocenters. The molecule has 0 aromatic carbocycles. The lowest BCUT2D eigenvalue weighted by Crippen LogP contribution is -2.37. The van der Waals surface area contributed by atoms with Crippen molar-refractivity contribution in [3.05, 3.63) is 20.8 Å². The molecule has 0 unspecified atom stereocenters. The fraction of sp³-hybridized carbons (Fsp3) is 0.545. The van der Waals surface area contributed by atoms with Crippen molar-refractivity contribution in [2.45, 2.75) is 37.1 Å². The number of hydrogen-bond donors (Lipinski definition) is 1. The van der Waals surface area contributed by atoms with Gasteiger partial charge in [-0.1, -0.05) is 0 Å². The van der Waals surface area contributed by atoms with E-state index in [9.17, 15) is 4.79 Å². The van der Waals surface area contributed by atoms with Crippen LogP contribution in [0.3, 0.4) is 0 Å². The molecular weight excluding hydrogens is 310 g/mol. The Labute approximate surface area is 113 Å². The first kappa shape index (κ1) is 12.4. The highest BCUT2D eigenvalue weighted by atomic mass is 79.9. The highest BCUT2D eigenvalue weighted by Crippen LogP contribution is 2.25. The van der Waals surface area contributed by atoms with Crippen molar-refractivity contribution in [2.24, 2.45) is 0 Å². The van der Waals surface area contributed by atoms with E-state index in [1.165, 1.54) is 11.3 Å². The molecule has 1 aliphatic rings. The molecule has 2 nitrogen and oxygen atoms in total. The summed E-state index contributed by atoms with van der Waals surface area (Å²) in [5, 5.41) is 5.27. The summed E-state index contributed by atoms with van der Waals surface area (Å²) in [6.07, 6.45) is 3.97. The number of alkyl halides is 1. The van der Waals surface area contributed by atoms with E-state index >= 15 is 0 Å². The maximum Gasteiger partial charge on any atom is 0.262 e. The molecule has 1 saturated carbocycles. The number of halogens is 2. The summed E-state index contributed by atoms with van der Waals surface area (Å²) >= 11 is 10.9. The minimum Gasteiger partial charge on any atom is -0.349 e. The molecule has 0 aliphatic heterocycles. The highest BCUT2D eigenvalue weighted by Gasteiger charge is 2.22. The molecule has 2 rings (SSSR count). The number of amides is 1. The normalized spacial score (nSPS) is 25.4. The van der Waals surface area contributed by atoms with Gasteiger partial charge in [0.05, 0.1) is 0 Å². The Bertz CT molecular complexity index is 374. The molecular formula is C11H13BrClNOS. The van der Waals surface area contributed by atoms with Crippen molar-refractivity contribution in [2.75, 3.05) is 0 Å². The van der Waals surface area contributed by atoms with Crippen molar-refractivity contribution < 1.29 is 4.79 Å². The first-order valence-electron chi connectivity index (χ1n) is 5.34. The fourth-order valence-corrected chi connectivity index (χ4v) is 3.61. The van der Waals surface area contributed by atoms with Gasteiger partial charge in [0.2, 0.25) is 0 Å². The van der Waals surface area contributed by atoms with Crippen LogP contribution in [-0.2, 0) is 0 Å². The highest BCUT2D eigenvalue weighted by molar-refractivity contribution is 9.10. The number of rotatable bonds is 2. The first-order chi connectivity index (χ1) is 7.66. The smallest absolute Gasteiger partial charge is 0.262 e. The van der Waals surface area contributed by atoms with Crippen molar-refractivity contribution >= 4 is 44.8 Å². The van der Waals surface area contributed by atoms with Crippen molar-refractivity contribution in [1.29, 1.82) is 0 Å². The second-order valence-corrected chi connectivity index (χ2v) is 6.41. The molecule has 0 bridgehead atoms. The van der Waals surface area contributed by atoms with Crippen molar-refractivity contribution in [3.8, 4) is 0 Å². The van der Waals surface area contributed by atoms with Crippen LogP contribution in [0, 0.1) is 0 Å². The molecule has 0 spiro atoms. The van der Waals surface area contributed by atoms with E-state index in [4.69, 9.17) is 11.6 Å². The maximum atomic E-state index is 11.9. The van der Waals surface area contributed by atoms with Gasteiger partial charge in [0.15, 0.2) is 0 Å². The summed E-state index contributed by atoms with van der Waals surface area (Å²) in [6, 6.07) is 2.19. The Hall–Kier alpha value is -0.0600. The SMILES string of the molecule is O=C(NC1CCC(Cl)CC1)c1sccc1Br. The Kier molecular flexibility index (Phi) is 4.27. The lowest BCUT2D eigenvalue weighted by Gasteiger charge is -2.25. The summed E-state index contributed by atoms with van der Waals surface area (Å²) in [5.41, 5.74) is 0. The van der Waals surface area contributed by atoms with Crippen LogP contribution < -0.4 is 5.32 Å². The van der Waals surface area contributed by atoms with E-state index in [2.05, 4.69) is 21.2 Å². The summed E-state index contributed by atoms with van der Waals surface area (Å²) in [7, 11) is 0. The molecule has 1 aromatic rings. The minimum absolute atomic E-state index is 0.0277. The van der Waals surface area contributed by atoms with E-state index in [1.807, 2.05) is 11.4 Å². The molecule has 1 aliphatic carbocycles. The predicted octanol–water partition coefficient (Wildman–Crippen LogP) is 3.79. The molecule has 88 valence electrons. The van der Waals surface area contributed by atoms with Crippen molar-refractivity contribution in [1.82, 2.24) is 5.32 Å². The number of thiophene rings is 1. The van der Waals surface area contributed by atoms with Gasteiger partial charge in [-0.15, -0.1) is 22.9 Å². The van der Waals surface area contributed by atoms with Gasteiger partial charge < -0.3 is 5.32 Å². The Balaban J connectivity index is 1.91. The molecule has 16 heavy (non-hydrogen) atoms. The number of hydrogen-bond acceptors (Lipinski definition) is 2. The summed E-state index contributed by atoms with van der Waals surface area (Å²) in [5.74, 6) is 0.0277. The number of carbonyl (C=O) groups is 1. The molecule has 1 aromatic heterocycles. The topological polar surface area (TPSA) is 29.1 Å². The first-order valence-corrected chi connectivity index (χ1v) is 7.45. The van der Waals surface area contributed by atoms with Gasteiger partial charge in [-0.2, -0.15) is 0 Å². The van der Waals surface area contributed by atoms with Crippen molar-refractivity contribution in [3.63, 3.8) is 0 Å². The van der Waals surface area contributed by atoms with Crippen LogP contribution in [0.2, 0.25) is 0 Å². The van der Waals surface area contributed by atoms with Gasteiger partial charge in [-0.25, -0.2) is 0 Å². The van der Waals surface area contributed by atoms with E-state index in [-0.39, 0.29) is 11.9 Å². The summed E-state index contributed by atoms with van der Waals surface area (Å²) in [4.78, 5) is 12.7. The molecule has 1 amide bonds. The molecule has 0 saturated heterocycles. The number of carbonyl (C=O) groups excluding carboxylic acids is 1. The van der Waals surface area contributed by atoms with Gasteiger partial charge in [0.1, 0.15) is 4.88 Å². The fourth-order valence-electron chi connectivity index (χ4n) is 1.90. The Morgan fingerprint density at radius 3 is 2.69 bits per heavy atom. The zero-order chi connectivity index (χ0) is 11.5. The second kappa shape index (κ2) is 5.52. The van der Waals surface area contributed by atoms with Gasteiger partial charge in [-0.3, -0.25) is 4.79 Å². The van der Waals surface area contributed by atoms with Gasteiger partial charge in [0.25, 0.3) is 5.91 Å². The van der Waals surface area contributed by atoms with Crippen LogP contribution in [0.15, 0.2) is 15.9 Å². The number of nitrogens with one attached hydrogen (secondary N) is 1. The molecule has 1 N–H and O–H groups in total. The Morgan fingerprint density at radius 2 is 2.12 bits per heavy atom. The van der Waals surface area contributed by atoms with Crippen LogP contribution in [0.1, 0.15) is 35.4 Å². The predicted molar refractivity (Wildman–Crippen MR) is 71.4 cm³/mol. The van der Waals surface area contributed by atoms with E-state index in [0.29, 0.717) is 5.38 Å². The van der Waals surface area contributed by atoms with Gasteiger partial charge >= 0.3 is 0 Å². The van der Waals surface area contributed by atoms with Crippen LogP contribution in [-0.4, -0.2) is 17.3 Å². The van der Waals surface area contributed by atoms with E-state index in [1.54, 1.807) is 0 Å².